The highest BCUT2D eigenvalue weighted by Gasteiger charge is 2.10. The Hall–Kier alpha value is -1.21. The van der Waals surface area contributed by atoms with Crippen LogP contribution in [-0.4, -0.2) is 10.1 Å². The Morgan fingerprint density at radius 3 is 2.65 bits per heavy atom. The summed E-state index contributed by atoms with van der Waals surface area (Å²) in [6.07, 6.45) is 0. The van der Waals surface area contributed by atoms with Crippen LogP contribution in [0.3, 0.4) is 0 Å². The van der Waals surface area contributed by atoms with Crippen LogP contribution in [0.2, 0.25) is 0 Å². The Kier molecular flexibility index (Phi) is 2.94. The smallest absolute Gasteiger partial charge is 0.268 e. The largest absolute Gasteiger partial charge is 0.333 e. The summed E-state index contributed by atoms with van der Waals surface area (Å²) in [7, 11) is 0. The van der Waals surface area contributed by atoms with Gasteiger partial charge in [0.05, 0.1) is 4.88 Å². The molecule has 0 amide bonds. The lowest BCUT2D eigenvalue weighted by Gasteiger charge is -1.93. The van der Waals surface area contributed by atoms with Crippen molar-refractivity contribution in [2.24, 2.45) is 0 Å². The topological polar surface area (TPSA) is 38.9 Å². The van der Waals surface area contributed by atoms with Gasteiger partial charge in [-0.25, -0.2) is 0 Å². The third-order valence-corrected chi connectivity index (χ3v) is 3.84. The van der Waals surface area contributed by atoms with Gasteiger partial charge in [-0.05, 0) is 46.2 Å². The Labute approximate surface area is 116 Å². The van der Waals surface area contributed by atoms with Crippen LogP contribution in [0.5, 0.6) is 0 Å². The van der Waals surface area contributed by atoms with Crippen molar-refractivity contribution < 1.29 is 4.52 Å². The monoisotopic (exact) mass is 354 g/mol. The minimum absolute atomic E-state index is 0.577. The van der Waals surface area contributed by atoms with Crippen molar-refractivity contribution in [1.29, 1.82) is 0 Å². The van der Waals surface area contributed by atoms with E-state index in [1.165, 1.54) is 3.57 Å². The standard InChI is InChI=1S/C12H7IN2OS/c13-9-5-3-8(4-6-9)11-14-12(16-15-11)10-2-1-7-17-10/h1-7H. The highest BCUT2D eigenvalue weighted by molar-refractivity contribution is 14.1. The predicted molar refractivity (Wildman–Crippen MR) is 75.8 cm³/mol. The summed E-state index contributed by atoms with van der Waals surface area (Å²) in [4.78, 5) is 5.38. The van der Waals surface area contributed by atoms with E-state index < -0.39 is 0 Å². The molecular formula is C12H7IN2OS. The highest BCUT2D eigenvalue weighted by Crippen LogP contribution is 2.25. The minimum Gasteiger partial charge on any atom is -0.333 e. The molecule has 0 spiro atoms. The summed E-state index contributed by atoms with van der Waals surface area (Å²) in [5.41, 5.74) is 0.969. The molecular weight excluding hydrogens is 347 g/mol. The van der Waals surface area contributed by atoms with E-state index in [-0.39, 0.29) is 0 Å². The van der Waals surface area contributed by atoms with Crippen LogP contribution >= 0.6 is 33.9 Å². The van der Waals surface area contributed by atoms with Crippen molar-refractivity contribution in [2.45, 2.75) is 0 Å². The fourth-order valence-corrected chi connectivity index (χ4v) is 2.44. The summed E-state index contributed by atoms with van der Waals surface area (Å²) >= 11 is 3.86. The van der Waals surface area contributed by atoms with E-state index in [0.717, 1.165) is 10.4 Å². The Balaban J connectivity index is 1.98. The second kappa shape index (κ2) is 4.58. The fourth-order valence-electron chi connectivity index (χ4n) is 1.44. The number of benzene rings is 1. The van der Waals surface area contributed by atoms with Gasteiger partial charge in [0.15, 0.2) is 0 Å². The van der Waals surface area contributed by atoms with E-state index in [9.17, 15) is 0 Å². The SMILES string of the molecule is Ic1ccc(-c2noc(-c3cccs3)n2)cc1. The zero-order chi connectivity index (χ0) is 11.7. The van der Waals surface area contributed by atoms with Crippen molar-refractivity contribution in [3.63, 3.8) is 0 Å². The third kappa shape index (κ3) is 2.25. The second-order valence-electron chi connectivity index (χ2n) is 3.41. The summed E-state index contributed by atoms with van der Waals surface area (Å²) in [6.45, 7) is 0. The van der Waals surface area contributed by atoms with Crippen molar-refractivity contribution >= 4 is 33.9 Å². The van der Waals surface area contributed by atoms with E-state index >= 15 is 0 Å². The minimum atomic E-state index is 0.577. The summed E-state index contributed by atoms with van der Waals surface area (Å²) < 4.78 is 6.43. The summed E-state index contributed by atoms with van der Waals surface area (Å²) in [5, 5.41) is 5.98. The Morgan fingerprint density at radius 2 is 1.94 bits per heavy atom. The number of thiophene rings is 1. The molecule has 0 N–H and O–H groups in total. The molecule has 3 nitrogen and oxygen atoms in total. The maximum absolute atomic E-state index is 5.24. The van der Waals surface area contributed by atoms with E-state index in [0.29, 0.717) is 11.7 Å². The summed E-state index contributed by atoms with van der Waals surface area (Å²) in [6, 6.07) is 12.0. The Morgan fingerprint density at radius 1 is 1.12 bits per heavy atom. The van der Waals surface area contributed by atoms with Gasteiger partial charge in [-0.3, -0.25) is 0 Å². The van der Waals surface area contributed by atoms with E-state index in [2.05, 4.69) is 32.7 Å². The van der Waals surface area contributed by atoms with Crippen LogP contribution in [-0.2, 0) is 0 Å². The van der Waals surface area contributed by atoms with Gasteiger partial charge in [-0.15, -0.1) is 11.3 Å². The number of halogens is 1. The van der Waals surface area contributed by atoms with Crippen molar-refractivity contribution in [2.75, 3.05) is 0 Å². The molecule has 0 radical (unpaired) electrons. The predicted octanol–water partition coefficient (Wildman–Crippen LogP) is 4.07. The first-order chi connectivity index (χ1) is 8.33. The molecule has 1 aromatic carbocycles. The molecule has 0 atom stereocenters. The highest BCUT2D eigenvalue weighted by atomic mass is 127. The van der Waals surface area contributed by atoms with E-state index in [1.807, 2.05) is 41.8 Å². The number of aromatic nitrogens is 2. The summed E-state index contributed by atoms with van der Waals surface area (Å²) in [5.74, 6) is 1.21. The zero-order valence-electron chi connectivity index (χ0n) is 8.63. The number of nitrogens with zero attached hydrogens (tertiary/aromatic N) is 2. The first kappa shape index (κ1) is 10.9. The first-order valence-electron chi connectivity index (χ1n) is 4.96. The molecule has 2 heterocycles. The normalized spacial score (nSPS) is 10.6. The van der Waals surface area contributed by atoms with Gasteiger partial charge in [0.2, 0.25) is 5.82 Å². The lowest BCUT2D eigenvalue weighted by atomic mass is 10.2. The molecule has 0 saturated carbocycles. The zero-order valence-corrected chi connectivity index (χ0v) is 11.6. The van der Waals surface area contributed by atoms with Gasteiger partial charge in [-0.2, -0.15) is 4.98 Å². The molecule has 17 heavy (non-hydrogen) atoms. The average molecular weight is 354 g/mol. The van der Waals surface area contributed by atoms with Crippen LogP contribution in [0.25, 0.3) is 22.2 Å². The van der Waals surface area contributed by atoms with E-state index in [4.69, 9.17) is 4.52 Å². The molecule has 0 unspecified atom stereocenters. The Bertz CT molecular complexity index is 616. The van der Waals surface area contributed by atoms with Gasteiger partial charge in [0, 0.05) is 9.13 Å². The maximum atomic E-state index is 5.24. The van der Waals surface area contributed by atoms with Crippen molar-refractivity contribution in [1.82, 2.24) is 10.1 Å². The van der Waals surface area contributed by atoms with Gasteiger partial charge < -0.3 is 4.52 Å². The van der Waals surface area contributed by atoms with Gasteiger partial charge in [0.25, 0.3) is 5.89 Å². The second-order valence-corrected chi connectivity index (χ2v) is 5.60. The van der Waals surface area contributed by atoms with Crippen LogP contribution < -0.4 is 0 Å². The van der Waals surface area contributed by atoms with Crippen LogP contribution in [0.4, 0.5) is 0 Å². The quantitative estimate of drug-likeness (QED) is 0.652. The number of hydrogen-bond donors (Lipinski definition) is 0. The molecule has 84 valence electrons. The average Bonchev–Trinajstić information content (AvgIpc) is 3.00. The fraction of sp³-hybridized carbons (Fsp3) is 0. The molecule has 0 fully saturated rings. The molecule has 0 aliphatic rings. The number of hydrogen-bond acceptors (Lipinski definition) is 4. The van der Waals surface area contributed by atoms with Gasteiger partial charge in [0.1, 0.15) is 0 Å². The van der Waals surface area contributed by atoms with Crippen molar-refractivity contribution in [3.05, 3.63) is 45.3 Å². The number of rotatable bonds is 2. The molecule has 0 bridgehead atoms. The van der Waals surface area contributed by atoms with Crippen molar-refractivity contribution in [3.8, 4) is 22.2 Å². The van der Waals surface area contributed by atoms with Crippen LogP contribution in [0.15, 0.2) is 46.3 Å². The first-order valence-corrected chi connectivity index (χ1v) is 6.92. The molecule has 2 aromatic heterocycles. The maximum Gasteiger partial charge on any atom is 0.268 e. The molecule has 3 rings (SSSR count). The molecule has 0 aliphatic carbocycles. The van der Waals surface area contributed by atoms with Crippen LogP contribution in [0.1, 0.15) is 0 Å². The molecule has 0 saturated heterocycles. The van der Waals surface area contributed by atoms with Gasteiger partial charge in [-0.1, -0.05) is 23.4 Å². The lowest BCUT2D eigenvalue weighted by Crippen LogP contribution is -1.80. The molecule has 3 aromatic rings. The molecule has 0 aliphatic heterocycles. The third-order valence-electron chi connectivity index (χ3n) is 2.26. The van der Waals surface area contributed by atoms with Crippen LogP contribution in [0, 0.1) is 3.57 Å². The lowest BCUT2D eigenvalue weighted by molar-refractivity contribution is 0.433. The molecule has 5 heteroatoms. The van der Waals surface area contributed by atoms with E-state index in [1.54, 1.807) is 11.3 Å². The van der Waals surface area contributed by atoms with Gasteiger partial charge >= 0.3 is 0 Å².